The molecule has 140 valence electrons. The van der Waals surface area contributed by atoms with Crippen molar-refractivity contribution in [2.24, 2.45) is 14.1 Å². The number of nitrogens with zero attached hydrogens (tertiary/aromatic N) is 4. The van der Waals surface area contributed by atoms with Crippen molar-refractivity contribution in [3.63, 3.8) is 0 Å². The zero-order valence-corrected chi connectivity index (χ0v) is 16.1. The molecule has 27 heavy (non-hydrogen) atoms. The van der Waals surface area contributed by atoms with Crippen molar-refractivity contribution in [2.45, 2.75) is 6.54 Å². The van der Waals surface area contributed by atoms with Gasteiger partial charge in [-0.05, 0) is 34.1 Å². The molecule has 0 saturated heterocycles. The van der Waals surface area contributed by atoms with Gasteiger partial charge in [0.25, 0.3) is 5.56 Å². The Morgan fingerprint density at radius 2 is 1.85 bits per heavy atom. The van der Waals surface area contributed by atoms with Gasteiger partial charge < -0.3 is 14.0 Å². The van der Waals surface area contributed by atoms with Gasteiger partial charge in [0.05, 0.1) is 6.54 Å². The largest absolute Gasteiger partial charge is 0.486 e. The van der Waals surface area contributed by atoms with Gasteiger partial charge >= 0.3 is 5.69 Å². The third kappa shape index (κ3) is 2.76. The Morgan fingerprint density at radius 3 is 2.59 bits per heavy atom. The van der Waals surface area contributed by atoms with Crippen molar-refractivity contribution in [1.82, 2.24) is 18.7 Å². The summed E-state index contributed by atoms with van der Waals surface area (Å²) in [5.41, 5.74) is -0.180. The van der Waals surface area contributed by atoms with Gasteiger partial charge in [-0.25, -0.2) is 9.78 Å². The topological polar surface area (TPSA) is 97.3 Å². The number of ketones is 1. The molecule has 0 radical (unpaired) electrons. The average molecular weight is 435 g/mol. The smallest absolute Gasteiger partial charge is 0.332 e. The molecular formula is C17H15BrN4O5. The van der Waals surface area contributed by atoms with Crippen molar-refractivity contribution >= 4 is 32.9 Å². The van der Waals surface area contributed by atoms with Gasteiger partial charge in [-0.2, -0.15) is 0 Å². The highest BCUT2D eigenvalue weighted by Crippen LogP contribution is 2.31. The van der Waals surface area contributed by atoms with Crippen LogP contribution in [-0.4, -0.2) is 37.7 Å². The second-order valence-corrected chi connectivity index (χ2v) is 6.84. The van der Waals surface area contributed by atoms with E-state index >= 15 is 0 Å². The lowest BCUT2D eigenvalue weighted by molar-refractivity contribution is 0.0971. The lowest BCUT2D eigenvalue weighted by Crippen LogP contribution is -2.37. The predicted molar refractivity (Wildman–Crippen MR) is 99.7 cm³/mol. The molecule has 0 saturated carbocycles. The van der Waals surface area contributed by atoms with Crippen LogP contribution in [0.2, 0.25) is 0 Å². The number of imidazole rings is 1. The Morgan fingerprint density at radius 1 is 1.15 bits per heavy atom. The highest BCUT2D eigenvalue weighted by molar-refractivity contribution is 9.10. The minimum atomic E-state index is -0.513. The molecular weight excluding hydrogens is 420 g/mol. The molecule has 10 heteroatoms. The maximum Gasteiger partial charge on any atom is 0.332 e. The zero-order chi connectivity index (χ0) is 19.3. The summed E-state index contributed by atoms with van der Waals surface area (Å²) >= 11 is 3.28. The number of ether oxygens (including phenoxy) is 2. The van der Waals surface area contributed by atoms with Gasteiger partial charge in [0.1, 0.15) is 13.2 Å². The van der Waals surface area contributed by atoms with E-state index in [1.54, 1.807) is 18.2 Å². The molecule has 3 aromatic rings. The van der Waals surface area contributed by atoms with Gasteiger partial charge in [0.2, 0.25) is 0 Å². The maximum absolute atomic E-state index is 12.8. The molecule has 0 aliphatic carbocycles. The summed E-state index contributed by atoms with van der Waals surface area (Å²) in [4.78, 5) is 41.7. The number of fused-ring (bicyclic) bond motifs is 2. The second kappa shape index (κ2) is 6.38. The predicted octanol–water partition coefficient (Wildman–Crippen LogP) is 0.850. The highest BCUT2D eigenvalue weighted by atomic mass is 79.9. The van der Waals surface area contributed by atoms with Crippen molar-refractivity contribution < 1.29 is 14.3 Å². The zero-order valence-electron chi connectivity index (χ0n) is 14.6. The SMILES string of the molecule is Cn1c(=O)c2c(nc(Br)n2CC(=O)c2ccc3c(c2)OCCO3)n(C)c1=O. The Balaban J connectivity index is 1.78. The van der Waals surface area contributed by atoms with Crippen LogP contribution >= 0.6 is 15.9 Å². The number of hydrogen-bond donors (Lipinski definition) is 0. The number of aromatic nitrogens is 4. The molecule has 0 unspecified atom stereocenters. The van der Waals surface area contributed by atoms with E-state index in [1.807, 2.05) is 0 Å². The van der Waals surface area contributed by atoms with Crippen LogP contribution < -0.4 is 20.7 Å². The highest BCUT2D eigenvalue weighted by Gasteiger charge is 2.21. The average Bonchev–Trinajstić information content (AvgIpc) is 3.00. The Hall–Kier alpha value is -2.88. The summed E-state index contributed by atoms with van der Waals surface area (Å²) in [6.07, 6.45) is 0. The van der Waals surface area contributed by atoms with Crippen LogP contribution in [0.4, 0.5) is 0 Å². The Bertz CT molecular complexity index is 1210. The van der Waals surface area contributed by atoms with E-state index in [1.165, 1.54) is 23.2 Å². The first-order valence-corrected chi connectivity index (χ1v) is 8.92. The molecule has 3 heterocycles. The molecule has 1 aliphatic rings. The number of Topliss-reactive ketones (excluding diaryl/α,β-unsaturated/α-hetero) is 1. The van der Waals surface area contributed by atoms with Crippen LogP contribution in [0.1, 0.15) is 10.4 Å². The number of carbonyl (C=O) groups excluding carboxylic acids is 1. The van der Waals surface area contributed by atoms with E-state index in [-0.39, 0.29) is 23.5 Å². The summed E-state index contributed by atoms with van der Waals surface area (Å²) in [6.45, 7) is 0.771. The molecule has 0 amide bonds. The monoisotopic (exact) mass is 434 g/mol. The first-order valence-electron chi connectivity index (χ1n) is 8.13. The molecule has 1 aromatic carbocycles. The molecule has 0 N–H and O–H groups in total. The number of aryl methyl sites for hydroxylation is 1. The summed E-state index contributed by atoms with van der Waals surface area (Å²) < 4.78 is 15.0. The van der Waals surface area contributed by atoms with Crippen LogP contribution in [0, 0.1) is 0 Å². The lowest BCUT2D eigenvalue weighted by atomic mass is 10.1. The normalized spacial score (nSPS) is 13.1. The minimum absolute atomic E-state index is 0.121. The summed E-state index contributed by atoms with van der Waals surface area (Å²) in [5, 5.41) is 0. The van der Waals surface area contributed by atoms with Gasteiger partial charge in [0, 0.05) is 19.7 Å². The van der Waals surface area contributed by atoms with E-state index in [0.717, 1.165) is 4.57 Å². The summed E-state index contributed by atoms with van der Waals surface area (Å²) in [6, 6.07) is 4.96. The van der Waals surface area contributed by atoms with Crippen molar-refractivity contribution in [2.75, 3.05) is 13.2 Å². The fourth-order valence-corrected chi connectivity index (χ4v) is 3.49. The number of benzene rings is 1. The summed E-state index contributed by atoms with van der Waals surface area (Å²) in [5.74, 6) is 0.874. The molecule has 0 bridgehead atoms. The molecule has 0 spiro atoms. The van der Waals surface area contributed by atoms with E-state index in [4.69, 9.17) is 9.47 Å². The maximum atomic E-state index is 12.8. The minimum Gasteiger partial charge on any atom is -0.486 e. The number of rotatable bonds is 3. The number of hydrogen-bond acceptors (Lipinski definition) is 6. The van der Waals surface area contributed by atoms with Crippen LogP contribution in [0.25, 0.3) is 11.2 Å². The first-order chi connectivity index (χ1) is 12.9. The van der Waals surface area contributed by atoms with Crippen LogP contribution in [0.5, 0.6) is 11.5 Å². The quantitative estimate of drug-likeness (QED) is 0.447. The fourth-order valence-electron chi connectivity index (χ4n) is 3.02. The van der Waals surface area contributed by atoms with E-state index < -0.39 is 11.2 Å². The number of halogens is 1. The Labute approximate surface area is 160 Å². The van der Waals surface area contributed by atoms with E-state index in [0.29, 0.717) is 35.0 Å². The van der Waals surface area contributed by atoms with Gasteiger partial charge in [-0.1, -0.05) is 0 Å². The summed E-state index contributed by atoms with van der Waals surface area (Å²) in [7, 11) is 2.91. The van der Waals surface area contributed by atoms with Gasteiger partial charge in [-0.3, -0.25) is 18.7 Å². The van der Waals surface area contributed by atoms with E-state index in [2.05, 4.69) is 20.9 Å². The molecule has 2 aromatic heterocycles. The first kappa shape index (κ1) is 17.5. The van der Waals surface area contributed by atoms with Gasteiger partial charge in [0.15, 0.2) is 33.2 Å². The van der Waals surface area contributed by atoms with Crippen molar-refractivity contribution in [3.8, 4) is 11.5 Å². The second-order valence-electron chi connectivity index (χ2n) is 6.13. The van der Waals surface area contributed by atoms with Crippen LogP contribution in [-0.2, 0) is 20.6 Å². The molecule has 0 fully saturated rings. The lowest BCUT2D eigenvalue weighted by Gasteiger charge is -2.18. The molecule has 0 atom stereocenters. The Kier molecular flexibility index (Phi) is 4.14. The van der Waals surface area contributed by atoms with Crippen LogP contribution in [0.3, 0.4) is 0 Å². The molecule has 9 nitrogen and oxygen atoms in total. The van der Waals surface area contributed by atoms with Gasteiger partial charge in [-0.15, -0.1) is 0 Å². The molecule has 4 rings (SSSR count). The van der Waals surface area contributed by atoms with Crippen molar-refractivity contribution in [3.05, 3.63) is 49.3 Å². The molecule has 1 aliphatic heterocycles. The number of carbonyl (C=O) groups is 1. The van der Waals surface area contributed by atoms with Crippen LogP contribution in [0.15, 0.2) is 32.5 Å². The van der Waals surface area contributed by atoms with Crippen molar-refractivity contribution in [1.29, 1.82) is 0 Å². The standard InChI is InChI=1S/C17H15BrN4O5/c1-20-14-13(15(24)21(2)17(20)25)22(16(18)19-14)8-10(23)9-3-4-11-12(7-9)27-6-5-26-11/h3-4,7H,5-6,8H2,1-2H3. The fraction of sp³-hybridized carbons (Fsp3) is 0.294. The third-order valence-corrected chi connectivity index (χ3v) is 5.07. The van der Waals surface area contributed by atoms with E-state index in [9.17, 15) is 14.4 Å². The third-order valence-electron chi connectivity index (χ3n) is 4.47.